The fourth-order valence-electron chi connectivity index (χ4n) is 2.62. The highest BCUT2D eigenvalue weighted by molar-refractivity contribution is 5.37. The van der Waals surface area contributed by atoms with Crippen molar-refractivity contribution < 1.29 is 18.8 Å². The van der Waals surface area contributed by atoms with Crippen LogP contribution in [0.3, 0.4) is 0 Å². The van der Waals surface area contributed by atoms with Gasteiger partial charge in [0, 0.05) is 30.3 Å². The summed E-state index contributed by atoms with van der Waals surface area (Å²) >= 11 is 0. The Hall–Kier alpha value is -1.60. The lowest BCUT2D eigenvalue weighted by Gasteiger charge is -2.22. The summed E-state index contributed by atoms with van der Waals surface area (Å²) in [6.45, 7) is 0.0225. The van der Waals surface area contributed by atoms with Crippen molar-refractivity contribution in [1.29, 1.82) is 0 Å². The van der Waals surface area contributed by atoms with Crippen LogP contribution in [0.15, 0.2) is 12.1 Å². The van der Waals surface area contributed by atoms with Crippen LogP contribution in [-0.4, -0.2) is 22.2 Å². The van der Waals surface area contributed by atoms with Crippen molar-refractivity contribution >= 4 is 5.69 Å². The zero-order chi connectivity index (χ0) is 15.4. The molecule has 2 rings (SSSR count). The summed E-state index contributed by atoms with van der Waals surface area (Å²) in [5.41, 5.74) is -0.714. The Morgan fingerprint density at radius 2 is 1.95 bits per heavy atom. The minimum Gasteiger partial charge on any atom is -0.392 e. The Bertz CT molecular complexity index is 525. The predicted molar refractivity (Wildman–Crippen MR) is 72.7 cm³/mol. The maximum Gasteiger partial charge on any atom is 0.305 e. The van der Waals surface area contributed by atoms with Gasteiger partial charge in [0.05, 0.1) is 11.0 Å². The number of nitro benzene ring substituents is 1. The van der Waals surface area contributed by atoms with Crippen LogP contribution < -0.4 is 5.32 Å². The van der Waals surface area contributed by atoms with E-state index in [0.29, 0.717) is 12.5 Å². The maximum absolute atomic E-state index is 13.7. The fraction of sp³-hybridized carbons (Fsp3) is 0.571. The molecule has 1 aliphatic carbocycles. The highest BCUT2D eigenvalue weighted by Gasteiger charge is 2.23. The van der Waals surface area contributed by atoms with Gasteiger partial charge in [0.2, 0.25) is 5.82 Å². The van der Waals surface area contributed by atoms with Crippen molar-refractivity contribution in [2.75, 3.05) is 0 Å². The first-order valence-corrected chi connectivity index (χ1v) is 7.03. The summed E-state index contributed by atoms with van der Waals surface area (Å²) in [4.78, 5) is 9.80. The van der Waals surface area contributed by atoms with E-state index < -0.39 is 28.3 Å². The highest BCUT2D eigenvalue weighted by Crippen LogP contribution is 2.23. The van der Waals surface area contributed by atoms with Crippen molar-refractivity contribution in [3.05, 3.63) is 39.4 Å². The lowest BCUT2D eigenvalue weighted by Crippen LogP contribution is -2.38. The minimum atomic E-state index is -1.18. The summed E-state index contributed by atoms with van der Waals surface area (Å²) in [5.74, 6) is -2.01. The fourth-order valence-corrected chi connectivity index (χ4v) is 2.62. The van der Waals surface area contributed by atoms with Crippen molar-refractivity contribution in [2.24, 2.45) is 0 Å². The number of halogens is 2. The number of nitro groups is 1. The quantitative estimate of drug-likeness (QED) is 0.509. The molecule has 0 bridgehead atoms. The summed E-state index contributed by atoms with van der Waals surface area (Å²) in [7, 11) is 0. The van der Waals surface area contributed by atoms with Crippen LogP contribution in [0.5, 0.6) is 0 Å². The average molecular weight is 300 g/mol. The molecule has 21 heavy (non-hydrogen) atoms. The Morgan fingerprint density at radius 3 is 2.67 bits per heavy atom. The monoisotopic (exact) mass is 300 g/mol. The normalized spacial score (nSPS) is 22.8. The smallest absolute Gasteiger partial charge is 0.305 e. The Labute approximate surface area is 121 Å². The molecule has 1 fully saturated rings. The number of aliphatic hydroxyl groups excluding tert-OH is 1. The lowest BCUT2D eigenvalue weighted by molar-refractivity contribution is -0.387. The summed E-state index contributed by atoms with van der Waals surface area (Å²) in [5, 5.41) is 23.6. The number of aliphatic hydroxyl groups is 1. The molecule has 1 aromatic carbocycles. The zero-order valence-corrected chi connectivity index (χ0v) is 11.5. The maximum atomic E-state index is 13.7. The second-order valence-corrected chi connectivity index (χ2v) is 5.34. The minimum absolute atomic E-state index is 0.0225. The van der Waals surface area contributed by atoms with Gasteiger partial charge >= 0.3 is 5.69 Å². The van der Waals surface area contributed by atoms with E-state index >= 15 is 0 Å². The highest BCUT2D eigenvalue weighted by atomic mass is 19.1. The number of benzene rings is 1. The van der Waals surface area contributed by atoms with Crippen molar-refractivity contribution in [3.8, 4) is 0 Å². The average Bonchev–Trinajstić information content (AvgIpc) is 2.62. The number of nitrogens with zero attached hydrogens (tertiary/aromatic N) is 1. The van der Waals surface area contributed by atoms with Crippen LogP contribution in [-0.2, 0) is 6.54 Å². The third-order valence-electron chi connectivity index (χ3n) is 3.85. The molecule has 7 heteroatoms. The predicted octanol–water partition coefficient (Wildman–Crippen LogP) is 2.66. The standard InChI is InChI=1S/C14H18F2N2O3/c15-10-7-11(16)13(18(20)21)6-9(10)8-17-12-4-2-1-3-5-14(12)19/h6-7,12,14,17,19H,1-5,8H2. The third kappa shape index (κ3) is 3.95. The molecule has 0 spiro atoms. The van der Waals surface area contributed by atoms with Crippen LogP contribution in [0.1, 0.15) is 37.7 Å². The molecule has 2 atom stereocenters. The molecule has 0 radical (unpaired) electrons. The van der Waals surface area contributed by atoms with Gasteiger partial charge in [-0.3, -0.25) is 10.1 Å². The molecule has 5 nitrogen and oxygen atoms in total. The number of hydrogen-bond donors (Lipinski definition) is 2. The molecule has 0 amide bonds. The van der Waals surface area contributed by atoms with Gasteiger partial charge < -0.3 is 10.4 Å². The van der Waals surface area contributed by atoms with Crippen LogP contribution >= 0.6 is 0 Å². The van der Waals surface area contributed by atoms with Gasteiger partial charge in [0.15, 0.2) is 0 Å². The van der Waals surface area contributed by atoms with Crippen molar-refractivity contribution in [2.45, 2.75) is 50.8 Å². The molecule has 0 aliphatic heterocycles. The second-order valence-electron chi connectivity index (χ2n) is 5.34. The molecule has 0 saturated heterocycles. The van der Waals surface area contributed by atoms with E-state index in [1.165, 1.54) is 0 Å². The first kappa shape index (κ1) is 15.8. The van der Waals surface area contributed by atoms with Crippen LogP contribution in [0, 0.1) is 21.7 Å². The van der Waals surface area contributed by atoms with Gasteiger partial charge in [0.25, 0.3) is 0 Å². The second kappa shape index (κ2) is 6.91. The number of rotatable bonds is 4. The summed E-state index contributed by atoms with van der Waals surface area (Å²) < 4.78 is 26.9. The van der Waals surface area contributed by atoms with E-state index in [-0.39, 0.29) is 18.2 Å². The molecule has 1 aliphatic rings. The molecular weight excluding hydrogens is 282 g/mol. The Balaban J connectivity index is 2.08. The van der Waals surface area contributed by atoms with Gasteiger partial charge in [-0.2, -0.15) is 4.39 Å². The van der Waals surface area contributed by atoms with E-state index in [2.05, 4.69) is 5.32 Å². The molecule has 1 aromatic rings. The Kier molecular flexibility index (Phi) is 5.19. The molecular formula is C14H18F2N2O3. The van der Waals surface area contributed by atoms with Gasteiger partial charge in [0.1, 0.15) is 5.82 Å². The van der Waals surface area contributed by atoms with Gasteiger partial charge in [-0.25, -0.2) is 4.39 Å². The van der Waals surface area contributed by atoms with Crippen LogP contribution in [0.2, 0.25) is 0 Å². The molecule has 0 heterocycles. The molecule has 2 unspecified atom stereocenters. The SMILES string of the molecule is O=[N+]([O-])c1cc(CNC2CCCCCC2O)c(F)cc1F. The molecule has 1 saturated carbocycles. The van der Waals surface area contributed by atoms with E-state index in [1.54, 1.807) is 0 Å². The number of hydrogen-bond acceptors (Lipinski definition) is 4. The van der Waals surface area contributed by atoms with E-state index in [4.69, 9.17) is 0 Å². The topological polar surface area (TPSA) is 75.4 Å². The Morgan fingerprint density at radius 1 is 1.24 bits per heavy atom. The van der Waals surface area contributed by atoms with Gasteiger partial charge in [-0.15, -0.1) is 0 Å². The third-order valence-corrected chi connectivity index (χ3v) is 3.85. The van der Waals surface area contributed by atoms with Gasteiger partial charge in [-0.1, -0.05) is 19.3 Å². The first-order chi connectivity index (χ1) is 9.99. The zero-order valence-electron chi connectivity index (χ0n) is 11.5. The first-order valence-electron chi connectivity index (χ1n) is 7.03. The summed E-state index contributed by atoms with van der Waals surface area (Å²) in [6, 6.07) is 1.26. The number of nitrogens with one attached hydrogen (secondary N) is 1. The van der Waals surface area contributed by atoms with Gasteiger partial charge in [-0.05, 0) is 12.8 Å². The van der Waals surface area contributed by atoms with Crippen molar-refractivity contribution in [1.82, 2.24) is 5.32 Å². The largest absolute Gasteiger partial charge is 0.392 e. The van der Waals surface area contributed by atoms with Crippen LogP contribution in [0.25, 0.3) is 0 Å². The van der Waals surface area contributed by atoms with E-state index in [1.807, 2.05) is 0 Å². The lowest BCUT2D eigenvalue weighted by atomic mass is 10.1. The van der Waals surface area contributed by atoms with E-state index in [0.717, 1.165) is 31.7 Å². The van der Waals surface area contributed by atoms with E-state index in [9.17, 15) is 24.0 Å². The van der Waals surface area contributed by atoms with Crippen molar-refractivity contribution in [3.63, 3.8) is 0 Å². The molecule has 2 N–H and O–H groups in total. The molecule has 0 aromatic heterocycles. The van der Waals surface area contributed by atoms with Crippen LogP contribution in [0.4, 0.5) is 14.5 Å². The molecule has 116 valence electrons. The summed E-state index contributed by atoms with van der Waals surface area (Å²) in [6.07, 6.45) is 3.92.